The highest BCUT2D eigenvalue weighted by Crippen LogP contribution is 2.09. The number of halogens is 1. The van der Waals surface area contributed by atoms with Gasteiger partial charge in [0.15, 0.2) is 0 Å². The first-order valence-corrected chi connectivity index (χ1v) is 6.88. The zero-order valence-corrected chi connectivity index (χ0v) is 11.9. The van der Waals surface area contributed by atoms with Gasteiger partial charge in [0, 0.05) is 6.54 Å². The second-order valence-corrected chi connectivity index (χ2v) is 4.87. The Bertz CT molecular complexity index is 685. The van der Waals surface area contributed by atoms with Gasteiger partial charge in [0.2, 0.25) is 5.91 Å². The lowest BCUT2D eigenvalue weighted by atomic mass is 10.0. The predicted octanol–water partition coefficient (Wildman–Crippen LogP) is 2.43. The molecule has 0 saturated carbocycles. The van der Waals surface area contributed by atoms with E-state index in [1.807, 2.05) is 0 Å². The maximum Gasteiger partial charge on any atom is 0.335 e. The van der Waals surface area contributed by atoms with Crippen molar-refractivity contribution in [3.8, 4) is 0 Å². The van der Waals surface area contributed by atoms with Crippen LogP contribution in [-0.2, 0) is 17.6 Å². The topological polar surface area (TPSA) is 66.4 Å². The summed E-state index contributed by atoms with van der Waals surface area (Å²) < 4.78 is 13.0. The number of benzene rings is 2. The molecule has 114 valence electrons. The molecule has 0 fully saturated rings. The Kier molecular flexibility index (Phi) is 5.25. The first-order chi connectivity index (χ1) is 10.6. The van der Waals surface area contributed by atoms with Crippen molar-refractivity contribution in [2.24, 2.45) is 0 Å². The highest BCUT2D eigenvalue weighted by molar-refractivity contribution is 5.89. The first kappa shape index (κ1) is 15.7. The van der Waals surface area contributed by atoms with Crippen LogP contribution in [0.5, 0.6) is 0 Å². The molecule has 2 N–H and O–H groups in total. The molecule has 0 aromatic heterocycles. The minimum Gasteiger partial charge on any atom is -0.478 e. The van der Waals surface area contributed by atoms with E-state index in [2.05, 4.69) is 5.32 Å². The van der Waals surface area contributed by atoms with Gasteiger partial charge in [0.25, 0.3) is 0 Å². The summed E-state index contributed by atoms with van der Waals surface area (Å²) in [5, 5.41) is 11.8. The molecular formula is C17H16FNO3. The van der Waals surface area contributed by atoms with Crippen LogP contribution in [0.25, 0.3) is 0 Å². The SMILES string of the molecule is O=C(Cc1cccc(F)c1)NCCc1ccccc1C(=O)O. The third-order valence-electron chi connectivity index (χ3n) is 3.22. The van der Waals surface area contributed by atoms with Gasteiger partial charge in [0.05, 0.1) is 12.0 Å². The summed E-state index contributed by atoms with van der Waals surface area (Å²) in [4.78, 5) is 22.9. The molecule has 0 spiro atoms. The molecule has 0 atom stereocenters. The summed E-state index contributed by atoms with van der Waals surface area (Å²) in [6.45, 7) is 0.332. The molecule has 0 radical (unpaired) electrons. The minimum atomic E-state index is -0.985. The van der Waals surface area contributed by atoms with Crippen LogP contribution in [0.1, 0.15) is 21.5 Å². The van der Waals surface area contributed by atoms with Crippen molar-refractivity contribution >= 4 is 11.9 Å². The second-order valence-electron chi connectivity index (χ2n) is 4.87. The summed E-state index contributed by atoms with van der Waals surface area (Å²) in [5.41, 5.74) is 1.51. The first-order valence-electron chi connectivity index (χ1n) is 6.88. The van der Waals surface area contributed by atoms with Gasteiger partial charge in [-0.2, -0.15) is 0 Å². The van der Waals surface area contributed by atoms with Gasteiger partial charge in [-0.25, -0.2) is 9.18 Å². The maximum atomic E-state index is 13.0. The van der Waals surface area contributed by atoms with Crippen molar-refractivity contribution in [2.45, 2.75) is 12.8 Å². The summed E-state index contributed by atoms with van der Waals surface area (Å²) in [5.74, 6) is -1.58. The van der Waals surface area contributed by atoms with Crippen LogP contribution in [0.2, 0.25) is 0 Å². The van der Waals surface area contributed by atoms with Crippen LogP contribution < -0.4 is 5.32 Å². The van der Waals surface area contributed by atoms with Crippen molar-refractivity contribution in [1.82, 2.24) is 5.32 Å². The Morgan fingerprint density at radius 2 is 1.86 bits per heavy atom. The van der Waals surface area contributed by atoms with Crippen molar-refractivity contribution in [3.63, 3.8) is 0 Å². The van der Waals surface area contributed by atoms with Gasteiger partial charge >= 0.3 is 5.97 Å². The number of carbonyl (C=O) groups excluding carboxylic acids is 1. The lowest BCUT2D eigenvalue weighted by Gasteiger charge is -2.08. The van der Waals surface area contributed by atoms with E-state index < -0.39 is 5.97 Å². The molecule has 5 heteroatoms. The fourth-order valence-corrected chi connectivity index (χ4v) is 2.18. The fourth-order valence-electron chi connectivity index (χ4n) is 2.18. The molecule has 2 aromatic carbocycles. The Hall–Kier alpha value is -2.69. The van der Waals surface area contributed by atoms with Crippen LogP contribution in [0.4, 0.5) is 4.39 Å². The Morgan fingerprint density at radius 1 is 1.09 bits per heavy atom. The lowest BCUT2D eigenvalue weighted by Crippen LogP contribution is -2.27. The fraction of sp³-hybridized carbons (Fsp3) is 0.176. The summed E-state index contributed by atoms with van der Waals surface area (Å²) in [7, 11) is 0. The second kappa shape index (κ2) is 7.36. The van der Waals surface area contributed by atoms with E-state index >= 15 is 0 Å². The summed E-state index contributed by atoms with van der Waals surface area (Å²) >= 11 is 0. The van der Waals surface area contributed by atoms with E-state index in [1.165, 1.54) is 18.2 Å². The zero-order chi connectivity index (χ0) is 15.9. The maximum absolute atomic E-state index is 13.0. The molecule has 2 rings (SSSR count). The van der Waals surface area contributed by atoms with Crippen LogP contribution >= 0.6 is 0 Å². The molecule has 1 amide bonds. The Morgan fingerprint density at radius 3 is 2.59 bits per heavy atom. The van der Waals surface area contributed by atoms with Gasteiger partial charge in [-0.05, 0) is 35.7 Å². The number of amides is 1. The number of nitrogens with one attached hydrogen (secondary N) is 1. The molecule has 22 heavy (non-hydrogen) atoms. The van der Waals surface area contributed by atoms with Crippen LogP contribution in [0, 0.1) is 5.82 Å². The molecule has 0 aliphatic carbocycles. The van der Waals surface area contributed by atoms with Crippen molar-refractivity contribution in [2.75, 3.05) is 6.54 Å². The number of aromatic carboxylic acids is 1. The third-order valence-corrected chi connectivity index (χ3v) is 3.22. The van der Waals surface area contributed by atoms with Gasteiger partial charge in [0.1, 0.15) is 5.82 Å². The zero-order valence-electron chi connectivity index (χ0n) is 11.9. The number of rotatable bonds is 6. The highest BCUT2D eigenvalue weighted by Gasteiger charge is 2.09. The molecule has 0 unspecified atom stereocenters. The average Bonchev–Trinajstić information content (AvgIpc) is 2.47. The number of carbonyl (C=O) groups is 2. The van der Waals surface area contributed by atoms with E-state index in [0.29, 0.717) is 24.1 Å². The van der Waals surface area contributed by atoms with Crippen molar-refractivity contribution in [3.05, 3.63) is 71.0 Å². The third kappa shape index (κ3) is 4.41. The van der Waals surface area contributed by atoms with E-state index in [9.17, 15) is 14.0 Å². The normalized spacial score (nSPS) is 10.2. The van der Waals surface area contributed by atoms with Crippen LogP contribution in [0.15, 0.2) is 48.5 Å². The monoisotopic (exact) mass is 301 g/mol. The molecule has 0 aliphatic rings. The summed E-state index contributed by atoms with van der Waals surface area (Å²) in [6, 6.07) is 12.6. The number of carboxylic acids is 1. The average molecular weight is 301 g/mol. The molecule has 4 nitrogen and oxygen atoms in total. The Balaban J connectivity index is 1.86. The van der Waals surface area contributed by atoms with Gasteiger partial charge in [-0.3, -0.25) is 4.79 Å². The van der Waals surface area contributed by atoms with E-state index in [-0.39, 0.29) is 23.7 Å². The van der Waals surface area contributed by atoms with Crippen LogP contribution in [0.3, 0.4) is 0 Å². The minimum absolute atomic E-state index is 0.0956. The van der Waals surface area contributed by atoms with Gasteiger partial charge in [-0.15, -0.1) is 0 Å². The quantitative estimate of drug-likeness (QED) is 0.861. The van der Waals surface area contributed by atoms with Crippen molar-refractivity contribution in [1.29, 1.82) is 0 Å². The standard InChI is InChI=1S/C17H16FNO3/c18-14-6-3-4-12(10-14)11-16(20)19-9-8-13-5-1-2-7-15(13)17(21)22/h1-7,10H,8-9,11H2,(H,19,20)(H,21,22). The van der Waals surface area contributed by atoms with Gasteiger partial charge in [-0.1, -0.05) is 30.3 Å². The number of hydrogen-bond acceptors (Lipinski definition) is 2. The lowest BCUT2D eigenvalue weighted by molar-refractivity contribution is -0.120. The summed E-state index contributed by atoms with van der Waals surface area (Å²) in [6.07, 6.45) is 0.524. The molecule has 0 aliphatic heterocycles. The van der Waals surface area contributed by atoms with E-state index in [4.69, 9.17) is 5.11 Å². The molecular weight excluding hydrogens is 285 g/mol. The van der Waals surface area contributed by atoms with E-state index in [1.54, 1.807) is 30.3 Å². The predicted molar refractivity (Wildman–Crippen MR) is 80.2 cm³/mol. The van der Waals surface area contributed by atoms with E-state index in [0.717, 1.165) is 0 Å². The molecule has 0 heterocycles. The highest BCUT2D eigenvalue weighted by atomic mass is 19.1. The van der Waals surface area contributed by atoms with Crippen molar-refractivity contribution < 1.29 is 19.1 Å². The smallest absolute Gasteiger partial charge is 0.335 e. The molecule has 0 saturated heterocycles. The number of carboxylic acid groups (broad SMARTS) is 1. The molecule has 2 aromatic rings. The largest absolute Gasteiger partial charge is 0.478 e. The van der Waals surface area contributed by atoms with Gasteiger partial charge < -0.3 is 10.4 Å². The molecule has 0 bridgehead atoms. The number of hydrogen-bond donors (Lipinski definition) is 2. The Labute approximate surface area is 127 Å². The van der Waals surface area contributed by atoms with Crippen LogP contribution in [-0.4, -0.2) is 23.5 Å².